The molecule has 0 amide bonds. The Morgan fingerprint density at radius 2 is 2.33 bits per heavy atom. The molecule has 0 aliphatic carbocycles. The van der Waals surface area contributed by atoms with Crippen molar-refractivity contribution in [3.8, 4) is 0 Å². The maximum Gasteiger partial charge on any atom is 0.163 e. The van der Waals surface area contributed by atoms with E-state index < -0.39 is 5.79 Å². The van der Waals surface area contributed by atoms with Gasteiger partial charge in [0.2, 0.25) is 0 Å². The van der Waals surface area contributed by atoms with Crippen molar-refractivity contribution < 1.29 is 19.3 Å². The average molecular weight is 176 g/mol. The fourth-order valence-corrected chi connectivity index (χ4v) is 1.12. The number of aliphatic hydroxyl groups is 1. The molecule has 1 aliphatic rings. The normalized spacial score (nSPS) is 27.8. The van der Waals surface area contributed by atoms with Crippen LogP contribution >= 0.6 is 0 Å². The molecule has 0 radical (unpaired) electrons. The Kier molecular flexibility index (Phi) is 3.46. The first-order valence-electron chi connectivity index (χ1n) is 4.14. The lowest BCUT2D eigenvalue weighted by Crippen LogP contribution is -2.24. The van der Waals surface area contributed by atoms with Crippen molar-refractivity contribution in [1.82, 2.24) is 0 Å². The topological polar surface area (TPSA) is 47.9 Å². The van der Waals surface area contributed by atoms with Gasteiger partial charge in [-0.15, -0.1) is 0 Å². The summed E-state index contributed by atoms with van der Waals surface area (Å²) in [5.41, 5.74) is 0. The Labute approximate surface area is 72.4 Å². The zero-order valence-corrected chi connectivity index (χ0v) is 7.58. The van der Waals surface area contributed by atoms with Gasteiger partial charge in [-0.25, -0.2) is 0 Å². The van der Waals surface area contributed by atoms with E-state index in [1.807, 2.05) is 13.8 Å². The van der Waals surface area contributed by atoms with Gasteiger partial charge in [-0.3, -0.25) is 0 Å². The van der Waals surface area contributed by atoms with Gasteiger partial charge in [0.1, 0.15) is 6.10 Å². The van der Waals surface area contributed by atoms with Crippen LogP contribution in [0.25, 0.3) is 0 Å². The zero-order chi connectivity index (χ0) is 9.03. The summed E-state index contributed by atoms with van der Waals surface area (Å²) in [5.74, 6) is -0.479. The van der Waals surface area contributed by atoms with E-state index in [-0.39, 0.29) is 12.7 Å². The lowest BCUT2D eigenvalue weighted by molar-refractivity contribution is -0.145. The van der Waals surface area contributed by atoms with Crippen molar-refractivity contribution in [2.75, 3.05) is 26.4 Å². The van der Waals surface area contributed by atoms with Gasteiger partial charge in [-0.1, -0.05) is 0 Å². The minimum atomic E-state index is -0.479. The van der Waals surface area contributed by atoms with Crippen LogP contribution in [0.3, 0.4) is 0 Å². The standard InChI is InChI=1S/C8H16O4/c1-8(2)11-6-7(12-8)5-10-4-3-9/h7,9H,3-6H2,1-2H3/t7-/m1/s1. The molecule has 1 N–H and O–H groups in total. The number of rotatable bonds is 4. The van der Waals surface area contributed by atoms with Crippen molar-refractivity contribution in [3.63, 3.8) is 0 Å². The molecule has 4 nitrogen and oxygen atoms in total. The molecule has 1 rings (SSSR count). The predicted molar refractivity (Wildman–Crippen MR) is 42.8 cm³/mol. The second-order valence-corrected chi connectivity index (χ2v) is 3.25. The van der Waals surface area contributed by atoms with Crippen molar-refractivity contribution in [2.45, 2.75) is 25.7 Å². The van der Waals surface area contributed by atoms with E-state index >= 15 is 0 Å². The quantitative estimate of drug-likeness (QED) is 0.619. The minimum Gasteiger partial charge on any atom is -0.394 e. The van der Waals surface area contributed by atoms with E-state index in [0.29, 0.717) is 19.8 Å². The average Bonchev–Trinajstić information content (AvgIpc) is 2.31. The van der Waals surface area contributed by atoms with Crippen LogP contribution in [0.1, 0.15) is 13.8 Å². The third-order valence-electron chi connectivity index (χ3n) is 1.61. The van der Waals surface area contributed by atoms with E-state index in [2.05, 4.69) is 0 Å². The van der Waals surface area contributed by atoms with Gasteiger partial charge in [0, 0.05) is 0 Å². The van der Waals surface area contributed by atoms with Gasteiger partial charge < -0.3 is 19.3 Å². The molecular weight excluding hydrogens is 160 g/mol. The minimum absolute atomic E-state index is 0.00606. The van der Waals surface area contributed by atoms with E-state index in [1.54, 1.807) is 0 Å². The zero-order valence-electron chi connectivity index (χ0n) is 7.58. The van der Waals surface area contributed by atoms with Crippen LogP contribution in [0.15, 0.2) is 0 Å². The van der Waals surface area contributed by atoms with Crippen LogP contribution in [0.4, 0.5) is 0 Å². The third-order valence-corrected chi connectivity index (χ3v) is 1.61. The summed E-state index contributed by atoms with van der Waals surface area (Å²) in [6.07, 6.45) is 0.00606. The second kappa shape index (κ2) is 4.18. The Hall–Kier alpha value is -0.160. The molecule has 0 aromatic heterocycles. The molecule has 1 fully saturated rings. The van der Waals surface area contributed by atoms with E-state index in [4.69, 9.17) is 19.3 Å². The fraction of sp³-hybridized carbons (Fsp3) is 1.00. The lowest BCUT2D eigenvalue weighted by atomic mass is 10.4. The predicted octanol–water partition coefficient (Wildman–Crippen LogP) is 0.147. The van der Waals surface area contributed by atoms with Gasteiger partial charge in [-0.2, -0.15) is 0 Å². The maximum atomic E-state index is 8.45. The number of aliphatic hydroxyl groups excluding tert-OH is 1. The molecule has 1 heterocycles. The molecule has 72 valence electrons. The highest BCUT2D eigenvalue weighted by molar-refractivity contribution is 4.69. The second-order valence-electron chi connectivity index (χ2n) is 3.25. The van der Waals surface area contributed by atoms with Crippen molar-refractivity contribution in [3.05, 3.63) is 0 Å². The molecule has 0 aromatic rings. The van der Waals surface area contributed by atoms with Crippen molar-refractivity contribution >= 4 is 0 Å². The molecule has 12 heavy (non-hydrogen) atoms. The van der Waals surface area contributed by atoms with Crippen LogP contribution in [-0.2, 0) is 14.2 Å². The van der Waals surface area contributed by atoms with Crippen molar-refractivity contribution in [2.24, 2.45) is 0 Å². The van der Waals surface area contributed by atoms with Gasteiger partial charge in [0.25, 0.3) is 0 Å². The molecule has 0 saturated carbocycles. The summed E-state index contributed by atoms with van der Waals surface area (Å²) < 4.78 is 15.9. The number of hydrogen-bond acceptors (Lipinski definition) is 4. The van der Waals surface area contributed by atoms with Crippen LogP contribution in [-0.4, -0.2) is 43.4 Å². The Bertz CT molecular complexity index is 135. The summed E-state index contributed by atoms with van der Waals surface area (Å²) in [6, 6.07) is 0. The summed E-state index contributed by atoms with van der Waals surface area (Å²) >= 11 is 0. The molecule has 0 unspecified atom stereocenters. The maximum absolute atomic E-state index is 8.45. The first kappa shape index (κ1) is 9.92. The lowest BCUT2D eigenvalue weighted by Gasteiger charge is -2.16. The summed E-state index contributed by atoms with van der Waals surface area (Å²) in [7, 11) is 0. The first-order valence-corrected chi connectivity index (χ1v) is 4.14. The van der Waals surface area contributed by atoms with Gasteiger partial charge in [0.15, 0.2) is 5.79 Å². The molecule has 0 aromatic carbocycles. The Balaban J connectivity index is 2.11. The molecule has 1 aliphatic heterocycles. The largest absolute Gasteiger partial charge is 0.394 e. The third kappa shape index (κ3) is 3.06. The summed E-state index contributed by atoms with van der Waals surface area (Å²) in [4.78, 5) is 0. The smallest absolute Gasteiger partial charge is 0.163 e. The fourth-order valence-electron chi connectivity index (χ4n) is 1.12. The number of ether oxygens (including phenoxy) is 3. The van der Waals surface area contributed by atoms with E-state index in [0.717, 1.165) is 0 Å². The van der Waals surface area contributed by atoms with E-state index in [9.17, 15) is 0 Å². The highest BCUT2D eigenvalue weighted by atomic mass is 16.7. The Morgan fingerprint density at radius 3 is 2.83 bits per heavy atom. The molecule has 0 bridgehead atoms. The van der Waals surface area contributed by atoms with Gasteiger partial charge >= 0.3 is 0 Å². The number of hydrogen-bond donors (Lipinski definition) is 1. The van der Waals surface area contributed by atoms with Gasteiger partial charge in [-0.05, 0) is 13.8 Å². The molecule has 1 atom stereocenters. The highest BCUT2D eigenvalue weighted by Crippen LogP contribution is 2.22. The van der Waals surface area contributed by atoms with Crippen molar-refractivity contribution in [1.29, 1.82) is 0 Å². The monoisotopic (exact) mass is 176 g/mol. The molecule has 0 spiro atoms. The molecule has 4 heteroatoms. The molecule has 1 saturated heterocycles. The Morgan fingerprint density at radius 1 is 1.58 bits per heavy atom. The van der Waals surface area contributed by atoms with Gasteiger partial charge in [0.05, 0.1) is 26.4 Å². The van der Waals surface area contributed by atoms with Crippen LogP contribution < -0.4 is 0 Å². The van der Waals surface area contributed by atoms with Crippen LogP contribution in [0, 0.1) is 0 Å². The first-order chi connectivity index (χ1) is 5.64. The summed E-state index contributed by atoms with van der Waals surface area (Å²) in [5, 5.41) is 8.45. The van der Waals surface area contributed by atoms with Crippen LogP contribution in [0.5, 0.6) is 0 Å². The van der Waals surface area contributed by atoms with Crippen LogP contribution in [0.2, 0.25) is 0 Å². The molecular formula is C8H16O4. The van der Waals surface area contributed by atoms with E-state index in [1.165, 1.54) is 0 Å². The SMILES string of the molecule is CC1(C)OC[C@@H](COCCO)O1. The highest BCUT2D eigenvalue weighted by Gasteiger charge is 2.32. The summed E-state index contributed by atoms with van der Waals surface area (Å²) in [6.45, 7) is 5.22.